The Balaban J connectivity index is 2.00. The van der Waals surface area contributed by atoms with E-state index in [1.165, 1.54) is 23.3 Å². The number of nitrogens with zero attached hydrogens (tertiary/aromatic N) is 2. The molecule has 4 rings (SSSR count). The van der Waals surface area contributed by atoms with Crippen LogP contribution in [0.15, 0.2) is 72.8 Å². The molecule has 0 aliphatic rings. The monoisotopic (exact) mass is 356 g/mol. The van der Waals surface area contributed by atoms with E-state index in [4.69, 9.17) is 5.10 Å². The maximum absolute atomic E-state index is 13.9. The fourth-order valence-corrected chi connectivity index (χ4v) is 3.49. The number of rotatable bonds is 3. The van der Waals surface area contributed by atoms with E-state index in [9.17, 15) is 4.39 Å². The molecule has 0 unspecified atom stereocenters. The minimum Gasteiger partial charge on any atom is -0.232 e. The first-order valence-electron chi connectivity index (χ1n) is 9.02. The summed E-state index contributed by atoms with van der Waals surface area (Å²) in [6.45, 7) is 6.23. The van der Waals surface area contributed by atoms with Crippen LogP contribution in [0.4, 0.5) is 4.39 Å². The Kier molecular flexibility index (Phi) is 4.36. The molecule has 0 saturated heterocycles. The van der Waals surface area contributed by atoms with Crippen LogP contribution in [0.25, 0.3) is 28.2 Å². The quantitative estimate of drug-likeness (QED) is 0.423. The normalized spacial score (nSPS) is 11.0. The summed E-state index contributed by atoms with van der Waals surface area (Å²) < 4.78 is 15.7. The second-order valence-electron chi connectivity index (χ2n) is 6.95. The SMILES string of the molecule is Cc1cccc(-c2nn(-c3cccc(F)c3)c(-c3cccc(C)c3)c2C)c1. The van der Waals surface area contributed by atoms with Gasteiger partial charge in [-0.2, -0.15) is 5.10 Å². The van der Waals surface area contributed by atoms with Gasteiger partial charge in [0.15, 0.2) is 0 Å². The van der Waals surface area contributed by atoms with Crippen LogP contribution >= 0.6 is 0 Å². The molecule has 0 spiro atoms. The van der Waals surface area contributed by atoms with Crippen LogP contribution in [-0.2, 0) is 0 Å². The lowest BCUT2D eigenvalue weighted by Gasteiger charge is -2.09. The van der Waals surface area contributed by atoms with Crippen molar-refractivity contribution in [2.24, 2.45) is 0 Å². The van der Waals surface area contributed by atoms with Crippen molar-refractivity contribution in [1.29, 1.82) is 0 Å². The first kappa shape index (κ1) is 17.2. The maximum Gasteiger partial charge on any atom is 0.125 e. The summed E-state index contributed by atoms with van der Waals surface area (Å²) >= 11 is 0. The van der Waals surface area contributed by atoms with Crippen molar-refractivity contribution >= 4 is 0 Å². The minimum atomic E-state index is -0.270. The minimum absolute atomic E-state index is 0.270. The predicted octanol–water partition coefficient (Wildman–Crippen LogP) is 6.27. The van der Waals surface area contributed by atoms with Gasteiger partial charge in [0.25, 0.3) is 0 Å². The van der Waals surface area contributed by atoms with Crippen LogP contribution in [0.2, 0.25) is 0 Å². The molecule has 4 aromatic rings. The molecule has 0 saturated carbocycles. The molecule has 1 heterocycles. The van der Waals surface area contributed by atoms with Crippen molar-refractivity contribution < 1.29 is 4.39 Å². The molecule has 3 aromatic carbocycles. The summed E-state index contributed by atoms with van der Waals surface area (Å²) in [7, 11) is 0. The van der Waals surface area contributed by atoms with Crippen molar-refractivity contribution in [3.8, 4) is 28.2 Å². The highest BCUT2D eigenvalue weighted by molar-refractivity contribution is 5.76. The van der Waals surface area contributed by atoms with E-state index in [1.54, 1.807) is 6.07 Å². The van der Waals surface area contributed by atoms with Crippen molar-refractivity contribution in [2.45, 2.75) is 20.8 Å². The number of aromatic nitrogens is 2. The highest BCUT2D eigenvalue weighted by atomic mass is 19.1. The van der Waals surface area contributed by atoms with E-state index in [-0.39, 0.29) is 5.82 Å². The van der Waals surface area contributed by atoms with Crippen LogP contribution in [-0.4, -0.2) is 9.78 Å². The molecule has 27 heavy (non-hydrogen) atoms. The number of hydrogen-bond acceptors (Lipinski definition) is 1. The lowest BCUT2D eigenvalue weighted by molar-refractivity contribution is 0.625. The Labute approximate surface area is 158 Å². The topological polar surface area (TPSA) is 17.8 Å². The zero-order valence-corrected chi connectivity index (χ0v) is 15.7. The van der Waals surface area contributed by atoms with Gasteiger partial charge in [-0.3, -0.25) is 0 Å². The van der Waals surface area contributed by atoms with Crippen LogP contribution in [0, 0.1) is 26.6 Å². The Morgan fingerprint density at radius 1 is 0.741 bits per heavy atom. The third kappa shape index (κ3) is 3.28. The van der Waals surface area contributed by atoms with Gasteiger partial charge >= 0.3 is 0 Å². The summed E-state index contributed by atoms with van der Waals surface area (Å²) in [5.74, 6) is -0.270. The van der Waals surface area contributed by atoms with E-state index < -0.39 is 0 Å². The average Bonchev–Trinajstić information content (AvgIpc) is 2.99. The van der Waals surface area contributed by atoms with Crippen molar-refractivity contribution in [3.05, 3.63) is 95.3 Å². The van der Waals surface area contributed by atoms with Gasteiger partial charge in [-0.15, -0.1) is 0 Å². The predicted molar refractivity (Wildman–Crippen MR) is 109 cm³/mol. The van der Waals surface area contributed by atoms with Gasteiger partial charge in [0.05, 0.1) is 17.1 Å². The maximum atomic E-state index is 13.9. The van der Waals surface area contributed by atoms with Gasteiger partial charge in [0.1, 0.15) is 5.82 Å². The molecule has 2 nitrogen and oxygen atoms in total. The standard InChI is InChI=1S/C24H21FN2/c1-16-7-4-9-19(13-16)23-18(3)24(20-10-5-8-17(2)14-20)27(26-23)22-12-6-11-21(25)15-22/h4-15H,1-3H3. The van der Waals surface area contributed by atoms with E-state index in [0.29, 0.717) is 5.69 Å². The first-order valence-corrected chi connectivity index (χ1v) is 9.02. The first-order chi connectivity index (χ1) is 13.0. The van der Waals surface area contributed by atoms with E-state index >= 15 is 0 Å². The van der Waals surface area contributed by atoms with Crippen LogP contribution < -0.4 is 0 Å². The molecule has 134 valence electrons. The van der Waals surface area contributed by atoms with E-state index in [2.05, 4.69) is 57.2 Å². The second-order valence-corrected chi connectivity index (χ2v) is 6.95. The molecule has 0 amide bonds. The smallest absolute Gasteiger partial charge is 0.125 e. The summed E-state index contributed by atoms with van der Waals surface area (Å²) in [6.07, 6.45) is 0. The second kappa shape index (κ2) is 6.84. The van der Waals surface area contributed by atoms with Gasteiger partial charge in [0, 0.05) is 16.7 Å². The van der Waals surface area contributed by atoms with Crippen LogP contribution in [0.5, 0.6) is 0 Å². The van der Waals surface area contributed by atoms with Gasteiger partial charge in [0.2, 0.25) is 0 Å². The number of halogens is 1. The molecule has 0 bridgehead atoms. The Morgan fingerprint density at radius 2 is 1.37 bits per heavy atom. The third-order valence-corrected chi connectivity index (χ3v) is 4.76. The summed E-state index contributed by atoms with van der Waals surface area (Å²) in [5.41, 5.74) is 8.20. The number of hydrogen-bond donors (Lipinski definition) is 0. The van der Waals surface area contributed by atoms with E-state index in [0.717, 1.165) is 28.1 Å². The average molecular weight is 356 g/mol. The Bertz CT molecular complexity index is 1120. The summed E-state index contributed by atoms with van der Waals surface area (Å²) in [4.78, 5) is 0. The lowest BCUT2D eigenvalue weighted by atomic mass is 10.0. The molecule has 0 aliphatic carbocycles. The Hall–Kier alpha value is -3.20. The third-order valence-electron chi connectivity index (χ3n) is 4.76. The Morgan fingerprint density at radius 3 is 2.04 bits per heavy atom. The molecule has 0 aliphatic heterocycles. The van der Waals surface area contributed by atoms with Gasteiger partial charge in [-0.25, -0.2) is 9.07 Å². The van der Waals surface area contributed by atoms with Gasteiger partial charge in [-0.1, -0.05) is 53.6 Å². The largest absolute Gasteiger partial charge is 0.232 e. The molecule has 0 fully saturated rings. The lowest BCUT2D eigenvalue weighted by Crippen LogP contribution is -2.00. The van der Waals surface area contributed by atoms with Crippen LogP contribution in [0.1, 0.15) is 16.7 Å². The summed E-state index contributed by atoms with van der Waals surface area (Å²) in [5, 5.41) is 4.89. The summed E-state index contributed by atoms with van der Waals surface area (Å²) in [6, 6.07) is 23.2. The molecular weight excluding hydrogens is 335 g/mol. The zero-order valence-electron chi connectivity index (χ0n) is 15.7. The van der Waals surface area contributed by atoms with Crippen molar-refractivity contribution in [2.75, 3.05) is 0 Å². The molecule has 3 heteroatoms. The molecular formula is C24H21FN2. The number of benzene rings is 3. The molecule has 0 atom stereocenters. The highest BCUT2D eigenvalue weighted by Crippen LogP contribution is 2.34. The van der Waals surface area contributed by atoms with Crippen LogP contribution in [0.3, 0.4) is 0 Å². The van der Waals surface area contributed by atoms with Crippen molar-refractivity contribution in [3.63, 3.8) is 0 Å². The van der Waals surface area contributed by atoms with Gasteiger partial charge in [-0.05, 0) is 51.1 Å². The van der Waals surface area contributed by atoms with Gasteiger partial charge < -0.3 is 0 Å². The van der Waals surface area contributed by atoms with E-state index in [1.807, 2.05) is 22.9 Å². The fraction of sp³-hybridized carbons (Fsp3) is 0.125. The molecule has 1 aromatic heterocycles. The van der Waals surface area contributed by atoms with Crippen molar-refractivity contribution in [1.82, 2.24) is 9.78 Å². The molecule has 0 N–H and O–H groups in total. The zero-order chi connectivity index (χ0) is 19.0. The highest BCUT2D eigenvalue weighted by Gasteiger charge is 2.19. The fourth-order valence-electron chi connectivity index (χ4n) is 3.49. The number of aryl methyl sites for hydroxylation is 2. The molecule has 0 radical (unpaired) electrons.